The molecule has 26 heavy (non-hydrogen) atoms. The van der Waals surface area contributed by atoms with Crippen LogP contribution in [-0.4, -0.2) is 39.9 Å². The van der Waals surface area contributed by atoms with Crippen molar-refractivity contribution >= 4 is 11.7 Å². The lowest BCUT2D eigenvalue weighted by molar-refractivity contribution is -0.139. The van der Waals surface area contributed by atoms with E-state index >= 15 is 0 Å². The summed E-state index contributed by atoms with van der Waals surface area (Å²) in [5.41, 5.74) is 0.756. The van der Waals surface area contributed by atoms with Crippen LogP contribution in [0, 0.1) is 0 Å². The molecule has 2 aliphatic heterocycles. The second-order valence-corrected chi connectivity index (χ2v) is 7.38. The number of carbonyl (C=O) groups excluding carboxylic acids is 2. The molecule has 1 fully saturated rings. The van der Waals surface area contributed by atoms with Crippen molar-refractivity contribution in [1.29, 1.82) is 0 Å². The largest absolute Gasteiger partial charge is 0.485 e. The quantitative estimate of drug-likeness (QED) is 0.857. The van der Waals surface area contributed by atoms with E-state index in [1.54, 1.807) is 43.0 Å². The van der Waals surface area contributed by atoms with E-state index in [1.165, 1.54) is 12.5 Å². The first kappa shape index (κ1) is 16.8. The van der Waals surface area contributed by atoms with Crippen LogP contribution in [0.25, 0.3) is 0 Å². The summed E-state index contributed by atoms with van der Waals surface area (Å²) in [6, 6.07) is 6.24. The van der Waals surface area contributed by atoms with Crippen molar-refractivity contribution < 1.29 is 23.8 Å². The molecule has 0 spiro atoms. The highest BCUT2D eigenvalue weighted by Gasteiger charge is 2.47. The molecule has 0 unspecified atom stereocenters. The van der Waals surface area contributed by atoms with Gasteiger partial charge in [0.2, 0.25) is 5.91 Å². The van der Waals surface area contributed by atoms with Crippen LogP contribution in [0.2, 0.25) is 0 Å². The lowest BCUT2D eigenvalue weighted by atomic mass is 9.84. The van der Waals surface area contributed by atoms with Crippen molar-refractivity contribution in [2.24, 2.45) is 0 Å². The highest BCUT2D eigenvalue weighted by atomic mass is 16.5. The van der Waals surface area contributed by atoms with Crippen LogP contribution < -0.4 is 4.74 Å². The molecule has 6 heteroatoms. The van der Waals surface area contributed by atoms with Crippen molar-refractivity contribution in [2.45, 2.75) is 44.4 Å². The van der Waals surface area contributed by atoms with Crippen molar-refractivity contribution in [2.75, 3.05) is 6.54 Å². The first-order chi connectivity index (χ1) is 12.4. The SMILES string of the molecule is CC1(C)Oc2ccc(C(=O)c3ccoc3)cc2[C@H](N2CCCC2=O)[C@H]1O. The fraction of sp³-hybridized carbons (Fsp3) is 0.400. The van der Waals surface area contributed by atoms with Gasteiger partial charge in [-0.25, -0.2) is 0 Å². The van der Waals surface area contributed by atoms with Gasteiger partial charge in [0.1, 0.15) is 23.7 Å². The number of carbonyl (C=O) groups is 2. The van der Waals surface area contributed by atoms with Gasteiger partial charge < -0.3 is 19.2 Å². The Morgan fingerprint density at radius 3 is 2.73 bits per heavy atom. The van der Waals surface area contributed by atoms with Gasteiger partial charge in [0, 0.05) is 24.1 Å². The fourth-order valence-corrected chi connectivity index (χ4v) is 3.77. The summed E-state index contributed by atoms with van der Waals surface area (Å²) in [6.45, 7) is 4.20. The highest BCUT2D eigenvalue weighted by Crippen LogP contribution is 2.44. The summed E-state index contributed by atoms with van der Waals surface area (Å²) in [5.74, 6) is 0.436. The van der Waals surface area contributed by atoms with E-state index < -0.39 is 17.7 Å². The number of hydrogen-bond acceptors (Lipinski definition) is 5. The minimum atomic E-state index is -0.892. The number of amides is 1. The van der Waals surface area contributed by atoms with E-state index in [9.17, 15) is 14.7 Å². The van der Waals surface area contributed by atoms with Crippen molar-refractivity contribution in [3.63, 3.8) is 0 Å². The smallest absolute Gasteiger partial charge is 0.223 e. The van der Waals surface area contributed by atoms with Gasteiger partial charge in [-0.15, -0.1) is 0 Å². The molecule has 2 aromatic rings. The van der Waals surface area contributed by atoms with E-state index in [4.69, 9.17) is 9.15 Å². The first-order valence-corrected chi connectivity index (χ1v) is 8.76. The number of aliphatic hydroxyl groups is 1. The third kappa shape index (κ3) is 2.61. The van der Waals surface area contributed by atoms with Crippen LogP contribution in [0.4, 0.5) is 0 Å². The van der Waals surface area contributed by atoms with Gasteiger partial charge in [-0.05, 0) is 44.5 Å². The topological polar surface area (TPSA) is 80.0 Å². The summed E-state index contributed by atoms with van der Waals surface area (Å²) >= 11 is 0. The molecular weight excluding hydrogens is 334 g/mol. The second kappa shape index (κ2) is 5.99. The van der Waals surface area contributed by atoms with Gasteiger partial charge in [0.25, 0.3) is 0 Å². The number of hydrogen-bond donors (Lipinski definition) is 1. The van der Waals surface area contributed by atoms with E-state index in [2.05, 4.69) is 0 Å². The number of aliphatic hydroxyl groups excluding tert-OH is 1. The minimum absolute atomic E-state index is 0.0178. The number of fused-ring (bicyclic) bond motifs is 1. The van der Waals surface area contributed by atoms with Gasteiger partial charge in [0.05, 0.1) is 17.9 Å². The van der Waals surface area contributed by atoms with Gasteiger partial charge in [0.15, 0.2) is 5.78 Å². The Labute approximate surface area is 151 Å². The second-order valence-electron chi connectivity index (χ2n) is 7.38. The summed E-state index contributed by atoms with van der Waals surface area (Å²) in [7, 11) is 0. The maximum Gasteiger partial charge on any atom is 0.223 e. The molecule has 0 bridgehead atoms. The predicted molar refractivity (Wildman–Crippen MR) is 93.0 cm³/mol. The van der Waals surface area contributed by atoms with E-state index in [0.29, 0.717) is 35.4 Å². The average molecular weight is 355 g/mol. The molecule has 1 amide bonds. The Kier molecular flexibility index (Phi) is 3.88. The number of ether oxygens (including phenoxy) is 1. The summed E-state index contributed by atoms with van der Waals surface area (Å²) in [6.07, 6.45) is 3.21. The average Bonchev–Trinajstić information content (AvgIpc) is 3.27. The van der Waals surface area contributed by atoms with Crippen LogP contribution in [0.1, 0.15) is 54.2 Å². The normalized spacial score (nSPS) is 24.3. The molecule has 1 N–H and O–H groups in total. The Morgan fingerprint density at radius 2 is 2.08 bits per heavy atom. The molecule has 0 radical (unpaired) electrons. The number of benzene rings is 1. The molecule has 3 heterocycles. The van der Waals surface area contributed by atoms with Crippen molar-refractivity contribution in [3.8, 4) is 5.75 Å². The number of ketones is 1. The lowest BCUT2D eigenvalue weighted by Gasteiger charge is -2.45. The van der Waals surface area contributed by atoms with Crippen LogP contribution in [0.15, 0.2) is 41.2 Å². The minimum Gasteiger partial charge on any atom is -0.485 e. The maximum atomic E-state index is 12.7. The van der Waals surface area contributed by atoms with Gasteiger partial charge >= 0.3 is 0 Å². The number of furan rings is 1. The van der Waals surface area contributed by atoms with Gasteiger partial charge in [-0.2, -0.15) is 0 Å². The Balaban J connectivity index is 1.80. The number of nitrogens with zero attached hydrogens (tertiary/aromatic N) is 1. The molecule has 4 rings (SSSR count). The monoisotopic (exact) mass is 355 g/mol. The Bertz CT molecular complexity index is 855. The van der Waals surface area contributed by atoms with Crippen LogP contribution in [0.5, 0.6) is 5.75 Å². The van der Waals surface area contributed by atoms with Crippen molar-refractivity contribution in [3.05, 3.63) is 53.5 Å². The molecule has 1 aromatic carbocycles. The Morgan fingerprint density at radius 1 is 1.27 bits per heavy atom. The summed E-state index contributed by atoms with van der Waals surface area (Å²) in [5, 5.41) is 10.9. The number of rotatable bonds is 3. The third-order valence-electron chi connectivity index (χ3n) is 5.20. The highest BCUT2D eigenvalue weighted by molar-refractivity contribution is 6.09. The summed E-state index contributed by atoms with van der Waals surface area (Å²) < 4.78 is 11.0. The molecule has 1 saturated heterocycles. The zero-order chi connectivity index (χ0) is 18.5. The molecular formula is C20H21NO5. The molecule has 2 aliphatic rings. The Hall–Kier alpha value is -2.60. The molecule has 6 nitrogen and oxygen atoms in total. The predicted octanol–water partition coefficient (Wildman–Crippen LogP) is 2.71. The fourth-order valence-electron chi connectivity index (χ4n) is 3.77. The van der Waals surface area contributed by atoms with E-state index in [1.807, 2.05) is 0 Å². The zero-order valence-electron chi connectivity index (χ0n) is 14.8. The molecule has 136 valence electrons. The molecule has 1 aromatic heterocycles. The van der Waals surface area contributed by atoms with Crippen molar-refractivity contribution in [1.82, 2.24) is 4.90 Å². The van der Waals surface area contributed by atoms with E-state index in [0.717, 1.165) is 6.42 Å². The molecule has 0 aliphatic carbocycles. The van der Waals surface area contributed by atoms with Crippen LogP contribution >= 0.6 is 0 Å². The van der Waals surface area contributed by atoms with E-state index in [-0.39, 0.29) is 11.7 Å². The zero-order valence-corrected chi connectivity index (χ0v) is 14.8. The van der Waals surface area contributed by atoms with Gasteiger partial charge in [-0.1, -0.05) is 0 Å². The lowest BCUT2D eigenvalue weighted by Crippen LogP contribution is -2.53. The maximum absolute atomic E-state index is 12.7. The standard InChI is InChI=1S/C20H21NO5/c1-20(2)19(24)17(21-8-3-4-16(21)22)14-10-12(5-6-15(14)26-20)18(23)13-7-9-25-11-13/h5-7,9-11,17,19,24H,3-4,8H2,1-2H3/t17-,19+/m0/s1. The number of likely N-dealkylation sites (tertiary alicyclic amines) is 1. The molecule has 2 atom stereocenters. The third-order valence-corrected chi connectivity index (χ3v) is 5.20. The summed E-state index contributed by atoms with van der Waals surface area (Å²) in [4.78, 5) is 26.7. The molecule has 0 saturated carbocycles. The first-order valence-electron chi connectivity index (χ1n) is 8.76. The van der Waals surface area contributed by atoms with Gasteiger partial charge in [-0.3, -0.25) is 9.59 Å². The van der Waals surface area contributed by atoms with Crippen LogP contribution in [-0.2, 0) is 4.79 Å². The van der Waals surface area contributed by atoms with Crippen LogP contribution in [0.3, 0.4) is 0 Å².